The molecular weight excluding hydrogens is 270 g/mol. The number of carbonyl (C=O) groups is 2. The van der Waals surface area contributed by atoms with Crippen LogP contribution in [0.3, 0.4) is 0 Å². The van der Waals surface area contributed by atoms with Gasteiger partial charge in [0.25, 0.3) is 0 Å². The van der Waals surface area contributed by atoms with Crippen molar-refractivity contribution in [2.24, 2.45) is 11.8 Å². The molecule has 1 aliphatic heterocycles. The lowest BCUT2D eigenvalue weighted by Crippen LogP contribution is -2.31. The van der Waals surface area contributed by atoms with Gasteiger partial charge in [-0.2, -0.15) is 0 Å². The number of carboxylic acid groups (broad SMARTS) is 1. The van der Waals surface area contributed by atoms with Gasteiger partial charge < -0.3 is 14.4 Å². The summed E-state index contributed by atoms with van der Waals surface area (Å²) < 4.78 is 1.87. The van der Waals surface area contributed by atoms with Crippen LogP contribution in [0.5, 0.6) is 0 Å². The lowest BCUT2D eigenvalue weighted by molar-refractivity contribution is -0.142. The van der Waals surface area contributed by atoms with Gasteiger partial charge in [0.1, 0.15) is 5.65 Å². The highest BCUT2D eigenvalue weighted by atomic mass is 16.4. The summed E-state index contributed by atoms with van der Waals surface area (Å²) in [5.74, 6) is -1.36. The summed E-state index contributed by atoms with van der Waals surface area (Å²) in [6.45, 7) is 2.67. The fraction of sp³-hybridized carbons (Fsp3) is 0.400. The minimum Gasteiger partial charge on any atom is -0.481 e. The summed E-state index contributed by atoms with van der Waals surface area (Å²) in [6, 6.07) is 5.68. The Hall–Kier alpha value is -2.37. The number of fused-ring (bicyclic) bond motifs is 1. The highest BCUT2D eigenvalue weighted by Gasteiger charge is 2.36. The smallest absolute Gasteiger partial charge is 0.308 e. The molecule has 21 heavy (non-hydrogen) atoms. The van der Waals surface area contributed by atoms with Gasteiger partial charge in [0.15, 0.2) is 0 Å². The van der Waals surface area contributed by atoms with Crippen molar-refractivity contribution in [2.75, 3.05) is 13.1 Å². The van der Waals surface area contributed by atoms with E-state index in [4.69, 9.17) is 5.11 Å². The van der Waals surface area contributed by atoms with E-state index in [1.807, 2.05) is 41.9 Å². The normalized spacial score (nSPS) is 21.9. The molecule has 0 bridgehead atoms. The first kappa shape index (κ1) is 13.6. The number of nitrogens with zero attached hydrogens (tertiary/aromatic N) is 3. The molecule has 0 spiro atoms. The van der Waals surface area contributed by atoms with E-state index in [0.29, 0.717) is 18.8 Å². The summed E-state index contributed by atoms with van der Waals surface area (Å²) >= 11 is 0. The second-order valence-electron chi connectivity index (χ2n) is 5.60. The summed E-state index contributed by atoms with van der Waals surface area (Å²) in [5, 5.41) is 9.11. The quantitative estimate of drug-likeness (QED) is 0.916. The van der Waals surface area contributed by atoms with Gasteiger partial charge in [0.05, 0.1) is 18.0 Å². The van der Waals surface area contributed by atoms with Gasteiger partial charge in [-0.1, -0.05) is 13.0 Å². The average molecular weight is 287 g/mol. The predicted molar refractivity (Wildman–Crippen MR) is 75.8 cm³/mol. The van der Waals surface area contributed by atoms with Crippen LogP contribution in [0, 0.1) is 11.8 Å². The van der Waals surface area contributed by atoms with Crippen molar-refractivity contribution in [3.63, 3.8) is 0 Å². The molecule has 1 N–H and O–H groups in total. The zero-order valence-electron chi connectivity index (χ0n) is 11.8. The third-order valence-electron chi connectivity index (χ3n) is 4.03. The van der Waals surface area contributed by atoms with Crippen molar-refractivity contribution in [1.29, 1.82) is 0 Å². The Morgan fingerprint density at radius 3 is 2.86 bits per heavy atom. The van der Waals surface area contributed by atoms with Crippen LogP contribution in [0.2, 0.25) is 0 Å². The first-order chi connectivity index (χ1) is 10.0. The molecule has 6 nitrogen and oxygen atoms in total. The Kier molecular flexibility index (Phi) is 3.37. The predicted octanol–water partition coefficient (Wildman–Crippen LogP) is 1.06. The average Bonchev–Trinajstić information content (AvgIpc) is 3.01. The molecule has 1 amide bonds. The van der Waals surface area contributed by atoms with Crippen molar-refractivity contribution in [3.8, 4) is 0 Å². The second-order valence-corrected chi connectivity index (χ2v) is 5.60. The molecule has 1 fully saturated rings. The highest BCUT2D eigenvalue weighted by Crippen LogP contribution is 2.23. The first-order valence-electron chi connectivity index (χ1n) is 6.98. The fourth-order valence-corrected chi connectivity index (χ4v) is 2.83. The van der Waals surface area contributed by atoms with Crippen LogP contribution in [0.1, 0.15) is 12.6 Å². The number of aromatic nitrogens is 2. The minimum atomic E-state index is -0.828. The summed E-state index contributed by atoms with van der Waals surface area (Å²) in [4.78, 5) is 29.4. The van der Waals surface area contributed by atoms with Gasteiger partial charge in [0, 0.05) is 25.5 Å². The molecule has 0 aliphatic carbocycles. The van der Waals surface area contributed by atoms with Gasteiger partial charge in [-0.05, 0) is 18.1 Å². The summed E-state index contributed by atoms with van der Waals surface area (Å²) in [7, 11) is 0. The number of rotatable bonds is 3. The van der Waals surface area contributed by atoms with Crippen molar-refractivity contribution in [2.45, 2.75) is 13.3 Å². The molecule has 0 radical (unpaired) electrons. The molecular formula is C15H17N3O3. The van der Waals surface area contributed by atoms with E-state index in [1.165, 1.54) is 0 Å². The van der Waals surface area contributed by atoms with Gasteiger partial charge >= 0.3 is 5.97 Å². The Balaban J connectivity index is 1.70. The van der Waals surface area contributed by atoms with Gasteiger partial charge in [-0.25, -0.2) is 4.98 Å². The topological polar surface area (TPSA) is 74.9 Å². The van der Waals surface area contributed by atoms with Crippen LogP contribution in [0.4, 0.5) is 0 Å². The number of imidazole rings is 1. The Morgan fingerprint density at radius 2 is 2.19 bits per heavy atom. The second kappa shape index (κ2) is 5.20. The van der Waals surface area contributed by atoms with Gasteiger partial charge in [-0.3, -0.25) is 9.59 Å². The van der Waals surface area contributed by atoms with E-state index < -0.39 is 11.9 Å². The maximum atomic E-state index is 12.3. The summed E-state index contributed by atoms with van der Waals surface area (Å²) in [6.07, 6.45) is 3.93. The van der Waals surface area contributed by atoms with E-state index in [9.17, 15) is 9.59 Å². The number of carboxylic acids is 1. The number of pyridine rings is 1. The number of hydrogen-bond donors (Lipinski definition) is 1. The number of hydrogen-bond acceptors (Lipinski definition) is 3. The van der Waals surface area contributed by atoms with Crippen molar-refractivity contribution in [1.82, 2.24) is 14.3 Å². The fourth-order valence-electron chi connectivity index (χ4n) is 2.83. The molecule has 0 unspecified atom stereocenters. The van der Waals surface area contributed by atoms with Crippen LogP contribution in [-0.4, -0.2) is 44.4 Å². The monoisotopic (exact) mass is 287 g/mol. The van der Waals surface area contributed by atoms with Crippen LogP contribution >= 0.6 is 0 Å². The lowest BCUT2D eigenvalue weighted by Gasteiger charge is -2.14. The van der Waals surface area contributed by atoms with Crippen molar-refractivity contribution >= 4 is 17.5 Å². The first-order valence-corrected chi connectivity index (χ1v) is 6.98. The Bertz CT molecular complexity index is 661. The van der Waals surface area contributed by atoms with E-state index in [-0.39, 0.29) is 18.2 Å². The van der Waals surface area contributed by atoms with Crippen LogP contribution in [-0.2, 0) is 16.0 Å². The highest BCUT2D eigenvalue weighted by molar-refractivity contribution is 5.80. The molecule has 3 rings (SSSR count). The third-order valence-corrected chi connectivity index (χ3v) is 4.03. The van der Waals surface area contributed by atoms with Crippen LogP contribution in [0.15, 0.2) is 30.6 Å². The molecule has 3 heterocycles. The van der Waals surface area contributed by atoms with E-state index in [2.05, 4.69) is 4.98 Å². The standard InChI is InChI=1S/C15H17N3O3/c1-10-7-18(9-12(10)15(20)21)14(19)6-11-8-17-5-3-2-4-13(17)16-11/h2-5,8,10,12H,6-7,9H2,1H3,(H,20,21)/t10-,12-/m1/s1. The molecule has 2 aromatic heterocycles. The largest absolute Gasteiger partial charge is 0.481 e. The van der Waals surface area contributed by atoms with E-state index in [0.717, 1.165) is 5.65 Å². The molecule has 1 aliphatic rings. The van der Waals surface area contributed by atoms with E-state index in [1.54, 1.807) is 4.90 Å². The molecule has 0 aromatic carbocycles. The van der Waals surface area contributed by atoms with E-state index >= 15 is 0 Å². The SMILES string of the molecule is C[C@@H]1CN(C(=O)Cc2cn3ccccc3n2)C[C@H]1C(=O)O. The Morgan fingerprint density at radius 1 is 1.38 bits per heavy atom. The third kappa shape index (κ3) is 2.61. The maximum absolute atomic E-state index is 12.3. The molecule has 2 atom stereocenters. The van der Waals surface area contributed by atoms with Crippen molar-refractivity contribution < 1.29 is 14.7 Å². The summed E-state index contributed by atoms with van der Waals surface area (Å²) in [5.41, 5.74) is 1.51. The minimum absolute atomic E-state index is 0.00693. The molecule has 2 aromatic rings. The number of carbonyl (C=O) groups excluding carboxylic acids is 1. The van der Waals surface area contributed by atoms with Crippen LogP contribution < -0.4 is 0 Å². The number of likely N-dealkylation sites (tertiary alicyclic amines) is 1. The Labute approximate surface area is 122 Å². The molecule has 1 saturated heterocycles. The number of amides is 1. The van der Waals surface area contributed by atoms with Crippen LogP contribution in [0.25, 0.3) is 5.65 Å². The van der Waals surface area contributed by atoms with Gasteiger partial charge in [-0.15, -0.1) is 0 Å². The zero-order valence-corrected chi connectivity index (χ0v) is 11.8. The maximum Gasteiger partial charge on any atom is 0.308 e. The molecule has 110 valence electrons. The lowest BCUT2D eigenvalue weighted by atomic mass is 9.99. The number of aliphatic carboxylic acids is 1. The molecule has 6 heteroatoms. The van der Waals surface area contributed by atoms with Gasteiger partial charge in [0.2, 0.25) is 5.91 Å². The zero-order chi connectivity index (χ0) is 15.0. The van der Waals surface area contributed by atoms with Crippen molar-refractivity contribution in [3.05, 3.63) is 36.3 Å². The molecule has 0 saturated carbocycles.